The highest BCUT2D eigenvalue weighted by atomic mass is 32.2. The van der Waals surface area contributed by atoms with E-state index in [9.17, 15) is 4.79 Å². The molecule has 2 bridgehead atoms. The number of carbonyl (C=O) groups excluding carboxylic acids is 1. The van der Waals surface area contributed by atoms with E-state index in [1.54, 1.807) is 0 Å². The van der Waals surface area contributed by atoms with Crippen LogP contribution >= 0.6 is 11.8 Å². The van der Waals surface area contributed by atoms with Crippen molar-refractivity contribution in [3.05, 3.63) is 0 Å². The van der Waals surface area contributed by atoms with E-state index in [0.29, 0.717) is 17.0 Å². The Kier molecular flexibility index (Phi) is 1.96. The van der Waals surface area contributed by atoms with Gasteiger partial charge in [-0.05, 0) is 31.4 Å². The Hall–Kier alpha value is 0.0200. The summed E-state index contributed by atoms with van der Waals surface area (Å²) in [4.78, 5) is 11.4. The highest BCUT2D eigenvalue weighted by molar-refractivity contribution is 7.99. The fourth-order valence-corrected chi connectivity index (χ4v) is 3.42. The lowest BCUT2D eigenvalue weighted by atomic mass is 9.88. The fraction of sp³-hybridized carbons (Fsp3) is 0.889. The van der Waals surface area contributed by atoms with Crippen molar-refractivity contribution in [2.75, 3.05) is 6.26 Å². The van der Waals surface area contributed by atoms with Crippen LogP contribution in [-0.4, -0.2) is 17.3 Å². The minimum absolute atomic E-state index is 0.461. The zero-order valence-corrected chi connectivity index (χ0v) is 7.69. The zero-order chi connectivity index (χ0) is 7.84. The summed E-state index contributed by atoms with van der Waals surface area (Å²) < 4.78 is 0. The molecule has 0 aromatic heterocycles. The molecule has 11 heavy (non-hydrogen) atoms. The molecule has 2 aliphatic carbocycles. The van der Waals surface area contributed by atoms with Gasteiger partial charge in [-0.3, -0.25) is 4.79 Å². The predicted octanol–water partition coefficient (Wildman–Crippen LogP) is 2.11. The monoisotopic (exact) mass is 170 g/mol. The van der Waals surface area contributed by atoms with Crippen LogP contribution in [0.25, 0.3) is 0 Å². The Balaban J connectivity index is 2.11. The smallest absolute Gasteiger partial charge is 0.137 e. The first kappa shape index (κ1) is 7.66. The molecule has 1 nitrogen and oxygen atoms in total. The van der Waals surface area contributed by atoms with Crippen molar-refractivity contribution in [1.29, 1.82) is 0 Å². The normalized spacial score (nSPS) is 43.0. The lowest BCUT2D eigenvalue weighted by Gasteiger charge is -2.25. The number of hydrogen-bond acceptors (Lipinski definition) is 2. The Morgan fingerprint density at radius 2 is 2.27 bits per heavy atom. The second-order valence-corrected chi connectivity index (χ2v) is 4.79. The molecule has 0 unspecified atom stereocenters. The van der Waals surface area contributed by atoms with E-state index in [1.807, 2.05) is 11.8 Å². The van der Waals surface area contributed by atoms with Gasteiger partial charge in [-0.1, -0.05) is 0 Å². The van der Waals surface area contributed by atoms with Crippen LogP contribution in [0.5, 0.6) is 0 Å². The van der Waals surface area contributed by atoms with Crippen molar-refractivity contribution in [2.45, 2.75) is 30.9 Å². The SMILES string of the molecule is CS[C@@H]1CC(=O)[C@H]2CC[C@@H]1C2. The van der Waals surface area contributed by atoms with Crippen LogP contribution in [0.3, 0.4) is 0 Å². The average Bonchev–Trinajstić information content (AvgIpc) is 2.43. The zero-order valence-electron chi connectivity index (χ0n) is 6.88. The number of hydrogen-bond donors (Lipinski definition) is 0. The van der Waals surface area contributed by atoms with Crippen LogP contribution in [-0.2, 0) is 4.79 Å². The van der Waals surface area contributed by atoms with E-state index >= 15 is 0 Å². The summed E-state index contributed by atoms with van der Waals surface area (Å²) in [7, 11) is 0. The van der Waals surface area contributed by atoms with E-state index in [-0.39, 0.29) is 0 Å². The number of fused-ring (bicyclic) bond motifs is 2. The molecule has 0 heterocycles. The van der Waals surface area contributed by atoms with Crippen LogP contribution in [0.2, 0.25) is 0 Å². The Labute approximate surface area is 71.9 Å². The molecular formula is C9H14OS. The van der Waals surface area contributed by atoms with Gasteiger partial charge in [0.2, 0.25) is 0 Å². The Morgan fingerprint density at radius 1 is 1.45 bits per heavy atom. The number of Topliss-reactive ketones (excluding diaryl/α,β-unsaturated/α-hetero) is 1. The predicted molar refractivity (Wildman–Crippen MR) is 47.8 cm³/mol. The lowest BCUT2D eigenvalue weighted by Crippen LogP contribution is -2.27. The molecule has 3 atom stereocenters. The molecular weight excluding hydrogens is 156 g/mol. The summed E-state index contributed by atoms with van der Waals surface area (Å²) in [6.07, 6.45) is 6.68. The minimum Gasteiger partial charge on any atom is -0.299 e. The Bertz CT molecular complexity index is 178. The van der Waals surface area contributed by atoms with Gasteiger partial charge in [0.15, 0.2) is 0 Å². The van der Waals surface area contributed by atoms with Gasteiger partial charge in [0.1, 0.15) is 5.78 Å². The van der Waals surface area contributed by atoms with Crippen molar-refractivity contribution in [1.82, 2.24) is 0 Å². The topological polar surface area (TPSA) is 17.1 Å². The van der Waals surface area contributed by atoms with Crippen LogP contribution in [0.1, 0.15) is 25.7 Å². The van der Waals surface area contributed by atoms with Crippen LogP contribution in [0.4, 0.5) is 0 Å². The van der Waals surface area contributed by atoms with Gasteiger partial charge in [-0.25, -0.2) is 0 Å². The van der Waals surface area contributed by atoms with Gasteiger partial charge in [-0.15, -0.1) is 0 Å². The molecule has 0 radical (unpaired) electrons. The minimum atomic E-state index is 0.461. The number of rotatable bonds is 1. The third-order valence-corrected chi connectivity index (χ3v) is 4.32. The highest BCUT2D eigenvalue weighted by Crippen LogP contribution is 2.43. The van der Waals surface area contributed by atoms with Crippen LogP contribution in [0, 0.1) is 11.8 Å². The van der Waals surface area contributed by atoms with Crippen molar-refractivity contribution in [3.63, 3.8) is 0 Å². The van der Waals surface area contributed by atoms with Crippen molar-refractivity contribution in [3.8, 4) is 0 Å². The maximum Gasteiger partial charge on any atom is 0.137 e. The van der Waals surface area contributed by atoms with Crippen LogP contribution < -0.4 is 0 Å². The van der Waals surface area contributed by atoms with E-state index in [0.717, 1.165) is 12.3 Å². The van der Waals surface area contributed by atoms with Gasteiger partial charge in [0, 0.05) is 17.6 Å². The van der Waals surface area contributed by atoms with E-state index < -0.39 is 0 Å². The number of ketones is 1. The van der Waals surface area contributed by atoms with Gasteiger partial charge in [0.25, 0.3) is 0 Å². The highest BCUT2D eigenvalue weighted by Gasteiger charge is 2.40. The molecule has 0 aromatic rings. The van der Waals surface area contributed by atoms with Gasteiger partial charge in [-0.2, -0.15) is 11.8 Å². The summed E-state index contributed by atoms with van der Waals surface area (Å²) in [5.41, 5.74) is 0. The van der Waals surface area contributed by atoms with Crippen molar-refractivity contribution in [2.24, 2.45) is 11.8 Å². The second kappa shape index (κ2) is 2.81. The third kappa shape index (κ3) is 1.22. The molecule has 0 amide bonds. The third-order valence-electron chi connectivity index (χ3n) is 3.16. The summed E-state index contributed by atoms with van der Waals surface area (Å²) in [5, 5.41) is 0.654. The van der Waals surface area contributed by atoms with E-state index in [2.05, 4.69) is 6.26 Å². The molecule has 2 fully saturated rings. The van der Waals surface area contributed by atoms with Crippen LogP contribution in [0.15, 0.2) is 0 Å². The van der Waals surface area contributed by atoms with Crippen molar-refractivity contribution >= 4 is 17.5 Å². The van der Waals surface area contributed by atoms with E-state index in [4.69, 9.17) is 0 Å². The summed E-state index contributed by atoms with van der Waals surface area (Å²) >= 11 is 1.89. The lowest BCUT2D eigenvalue weighted by molar-refractivity contribution is -0.123. The standard InChI is InChI=1S/C9H14OS/c1-11-9-5-8(10)6-2-3-7(9)4-6/h6-7,9H,2-5H2,1H3/t6-,7+,9+/m0/s1. The maximum atomic E-state index is 11.4. The molecule has 2 heteroatoms. The first-order valence-corrected chi connectivity index (χ1v) is 5.65. The molecule has 0 spiro atoms. The molecule has 2 aliphatic rings. The number of thioether (sulfide) groups is 1. The summed E-state index contributed by atoms with van der Waals surface area (Å²) in [5.74, 6) is 1.87. The first-order valence-electron chi connectivity index (χ1n) is 4.36. The van der Waals surface area contributed by atoms with Gasteiger partial charge >= 0.3 is 0 Å². The molecule has 0 aromatic carbocycles. The second-order valence-electron chi connectivity index (χ2n) is 3.71. The largest absolute Gasteiger partial charge is 0.299 e. The van der Waals surface area contributed by atoms with Gasteiger partial charge < -0.3 is 0 Å². The summed E-state index contributed by atoms with van der Waals surface area (Å²) in [6.45, 7) is 0. The quantitative estimate of drug-likeness (QED) is 0.599. The molecule has 0 saturated heterocycles. The Morgan fingerprint density at radius 3 is 3.00 bits per heavy atom. The molecule has 2 rings (SSSR count). The van der Waals surface area contributed by atoms with Crippen molar-refractivity contribution < 1.29 is 4.79 Å². The molecule has 0 N–H and O–H groups in total. The molecule has 62 valence electrons. The maximum absolute atomic E-state index is 11.4. The first-order chi connectivity index (χ1) is 5.31. The number of carbonyl (C=O) groups is 1. The molecule has 2 saturated carbocycles. The average molecular weight is 170 g/mol. The molecule has 0 aliphatic heterocycles. The van der Waals surface area contributed by atoms with E-state index in [1.165, 1.54) is 19.3 Å². The van der Waals surface area contributed by atoms with Gasteiger partial charge in [0.05, 0.1) is 0 Å². The summed E-state index contributed by atoms with van der Waals surface area (Å²) in [6, 6.07) is 0. The fourth-order valence-electron chi connectivity index (χ4n) is 2.45.